The standard InChI is InChI=1S/C13H18Cl3NO6/c1-8(18)22-6-12(2,21-3)10(17-5-4-9(17)19)11(20)23-7-13(14,15)16/h10H,4-7H2,1-3H3/t10?,12-/m1/s1. The highest BCUT2D eigenvalue weighted by molar-refractivity contribution is 6.67. The maximum atomic E-state index is 12.4. The van der Waals surface area contributed by atoms with E-state index in [-0.39, 0.29) is 12.5 Å². The van der Waals surface area contributed by atoms with Gasteiger partial charge in [0.25, 0.3) is 0 Å². The molecule has 1 heterocycles. The minimum atomic E-state index is -1.78. The summed E-state index contributed by atoms with van der Waals surface area (Å²) in [6, 6.07) is -1.12. The first kappa shape index (κ1) is 20.3. The second-order valence-corrected chi connectivity index (χ2v) is 7.78. The number of amides is 1. The summed E-state index contributed by atoms with van der Waals surface area (Å²) in [5.74, 6) is -1.59. The van der Waals surface area contributed by atoms with Crippen molar-refractivity contribution in [3.8, 4) is 0 Å². The number of likely N-dealkylation sites (tertiary alicyclic amines) is 1. The Balaban J connectivity index is 2.95. The fraction of sp³-hybridized carbons (Fsp3) is 0.769. The summed E-state index contributed by atoms with van der Waals surface area (Å²) < 4.78 is 13.5. The SMILES string of the molecule is CO[C@](C)(COC(C)=O)C(C(=O)OCC(Cl)(Cl)Cl)N1CCC1=O. The van der Waals surface area contributed by atoms with Crippen LogP contribution in [-0.2, 0) is 28.6 Å². The number of alkyl halides is 3. The second-order valence-electron chi connectivity index (χ2n) is 5.26. The fourth-order valence-corrected chi connectivity index (χ4v) is 2.20. The Kier molecular flexibility index (Phi) is 6.95. The summed E-state index contributed by atoms with van der Waals surface area (Å²) in [6.45, 7) is 2.38. The minimum absolute atomic E-state index is 0.240. The van der Waals surface area contributed by atoms with Gasteiger partial charge in [-0.2, -0.15) is 0 Å². The number of hydrogen-bond donors (Lipinski definition) is 0. The molecule has 1 unspecified atom stereocenters. The minimum Gasteiger partial charge on any atom is -0.463 e. The predicted octanol–water partition coefficient (Wildman–Crippen LogP) is 1.47. The third-order valence-corrected chi connectivity index (χ3v) is 3.73. The van der Waals surface area contributed by atoms with E-state index < -0.39 is 34.0 Å². The Labute approximate surface area is 149 Å². The molecular formula is C13H18Cl3NO6. The molecule has 1 saturated heterocycles. The fourth-order valence-electron chi connectivity index (χ4n) is 2.04. The topological polar surface area (TPSA) is 82.1 Å². The smallest absolute Gasteiger partial charge is 0.332 e. The molecule has 2 atom stereocenters. The number of carbonyl (C=O) groups excluding carboxylic acids is 3. The largest absolute Gasteiger partial charge is 0.463 e. The normalized spacial score (nSPS) is 18.7. The van der Waals surface area contributed by atoms with E-state index in [4.69, 9.17) is 49.0 Å². The first-order chi connectivity index (χ1) is 10.5. The lowest BCUT2D eigenvalue weighted by molar-refractivity contribution is -0.184. The molecule has 1 aliphatic heterocycles. The van der Waals surface area contributed by atoms with Crippen LogP contribution in [0.2, 0.25) is 0 Å². The molecule has 1 rings (SSSR count). The molecule has 0 aromatic carbocycles. The maximum absolute atomic E-state index is 12.4. The Bertz CT molecular complexity index is 481. The third-order valence-electron chi connectivity index (χ3n) is 3.41. The van der Waals surface area contributed by atoms with Gasteiger partial charge in [-0.1, -0.05) is 34.8 Å². The molecule has 0 bridgehead atoms. The summed E-state index contributed by atoms with van der Waals surface area (Å²) >= 11 is 16.7. The third kappa shape index (κ3) is 5.67. The van der Waals surface area contributed by atoms with E-state index in [0.29, 0.717) is 13.0 Å². The Hall–Kier alpha value is -0.760. The molecule has 0 N–H and O–H groups in total. The molecule has 7 nitrogen and oxygen atoms in total. The molecule has 0 radical (unpaired) electrons. The zero-order valence-corrected chi connectivity index (χ0v) is 15.2. The summed E-state index contributed by atoms with van der Waals surface area (Å²) in [5.41, 5.74) is -1.30. The van der Waals surface area contributed by atoms with Gasteiger partial charge in [0, 0.05) is 27.0 Å². The number of halogens is 3. The predicted molar refractivity (Wildman–Crippen MR) is 83.4 cm³/mol. The summed E-state index contributed by atoms with van der Waals surface area (Å²) in [6.07, 6.45) is 0.307. The van der Waals surface area contributed by atoms with E-state index in [1.54, 1.807) is 0 Å². The molecule has 1 aliphatic rings. The molecule has 23 heavy (non-hydrogen) atoms. The van der Waals surface area contributed by atoms with Crippen LogP contribution in [0.25, 0.3) is 0 Å². The second kappa shape index (κ2) is 7.88. The van der Waals surface area contributed by atoms with Gasteiger partial charge in [-0.05, 0) is 6.92 Å². The van der Waals surface area contributed by atoms with Gasteiger partial charge in [0.05, 0.1) is 0 Å². The van der Waals surface area contributed by atoms with Crippen molar-refractivity contribution in [2.45, 2.75) is 35.7 Å². The van der Waals surface area contributed by atoms with Crippen LogP contribution in [0, 0.1) is 0 Å². The lowest BCUT2D eigenvalue weighted by atomic mass is 9.92. The van der Waals surface area contributed by atoms with Crippen LogP contribution < -0.4 is 0 Å². The number of methoxy groups -OCH3 is 1. The van der Waals surface area contributed by atoms with Crippen LogP contribution in [0.5, 0.6) is 0 Å². The van der Waals surface area contributed by atoms with Gasteiger partial charge in [0.2, 0.25) is 9.70 Å². The number of ether oxygens (including phenoxy) is 3. The summed E-state index contributed by atoms with van der Waals surface area (Å²) in [4.78, 5) is 36.5. The van der Waals surface area contributed by atoms with Crippen molar-refractivity contribution < 1.29 is 28.6 Å². The first-order valence-corrected chi connectivity index (χ1v) is 7.85. The van der Waals surface area contributed by atoms with Gasteiger partial charge in [0.1, 0.15) is 18.8 Å². The van der Waals surface area contributed by atoms with Crippen LogP contribution in [0.1, 0.15) is 20.3 Å². The summed E-state index contributed by atoms with van der Waals surface area (Å²) in [7, 11) is 1.34. The van der Waals surface area contributed by atoms with E-state index in [9.17, 15) is 14.4 Å². The van der Waals surface area contributed by atoms with Gasteiger partial charge in [0.15, 0.2) is 6.04 Å². The number of hydrogen-bond acceptors (Lipinski definition) is 6. The van der Waals surface area contributed by atoms with E-state index in [2.05, 4.69) is 0 Å². The van der Waals surface area contributed by atoms with Crippen molar-refractivity contribution in [2.75, 3.05) is 26.9 Å². The van der Waals surface area contributed by atoms with Gasteiger partial charge in [-0.15, -0.1) is 0 Å². The monoisotopic (exact) mass is 389 g/mol. The molecule has 1 amide bonds. The van der Waals surface area contributed by atoms with E-state index in [1.807, 2.05) is 0 Å². The molecular weight excluding hydrogens is 373 g/mol. The Morgan fingerprint density at radius 3 is 2.22 bits per heavy atom. The quantitative estimate of drug-likeness (QED) is 0.372. The van der Waals surface area contributed by atoms with Crippen molar-refractivity contribution >= 4 is 52.6 Å². The molecule has 10 heteroatoms. The molecule has 0 aliphatic carbocycles. The highest BCUT2D eigenvalue weighted by Crippen LogP contribution is 2.30. The average molecular weight is 391 g/mol. The van der Waals surface area contributed by atoms with Crippen LogP contribution in [0.15, 0.2) is 0 Å². The van der Waals surface area contributed by atoms with E-state index >= 15 is 0 Å². The Morgan fingerprint density at radius 1 is 1.26 bits per heavy atom. The molecule has 0 spiro atoms. The zero-order valence-electron chi connectivity index (χ0n) is 12.9. The number of nitrogens with zero attached hydrogens (tertiary/aromatic N) is 1. The van der Waals surface area contributed by atoms with Crippen molar-refractivity contribution in [2.24, 2.45) is 0 Å². The lowest BCUT2D eigenvalue weighted by Crippen LogP contribution is -2.64. The number of carbonyl (C=O) groups is 3. The van der Waals surface area contributed by atoms with Crippen LogP contribution in [0.3, 0.4) is 0 Å². The molecule has 0 aromatic heterocycles. The van der Waals surface area contributed by atoms with Crippen LogP contribution in [-0.4, -0.2) is 65.0 Å². The molecule has 0 aromatic rings. The van der Waals surface area contributed by atoms with Crippen molar-refractivity contribution in [3.05, 3.63) is 0 Å². The lowest BCUT2D eigenvalue weighted by Gasteiger charge is -2.44. The van der Waals surface area contributed by atoms with Gasteiger partial charge in [-0.25, -0.2) is 4.79 Å². The maximum Gasteiger partial charge on any atom is 0.332 e. The van der Waals surface area contributed by atoms with Gasteiger partial charge >= 0.3 is 11.9 Å². The summed E-state index contributed by atoms with van der Waals surface area (Å²) in [5, 5.41) is 0. The van der Waals surface area contributed by atoms with Gasteiger partial charge in [-0.3, -0.25) is 9.59 Å². The number of β-lactam (4-membered cyclic amide) rings is 1. The van der Waals surface area contributed by atoms with Crippen molar-refractivity contribution in [3.63, 3.8) is 0 Å². The average Bonchev–Trinajstić information content (AvgIpc) is 2.45. The highest BCUT2D eigenvalue weighted by atomic mass is 35.6. The molecule has 1 fully saturated rings. The van der Waals surface area contributed by atoms with E-state index in [0.717, 1.165) is 0 Å². The first-order valence-electron chi connectivity index (χ1n) is 6.71. The van der Waals surface area contributed by atoms with Gasteiger partial charge < -0.3 is 19.1 Å². The molecule has 0 saturated carbocycles. The highest BCUT2D eigenvalue weighted by Gasteiger charge is 2.50. The number of esters is 2. The van der Waals surface area contributed by atoms with Crippen molar-refractivity contribution in [1.82, 2.24) is 4.90 Å². The molecule has 132 valence electrons. The van der Waals surface area contributed by atoms with Crippen LogP contribution >= 0.6 is 34.8 Å². The number of rotatable bonds is 7. The van der Waals surface area contributed by atoms with Crippen LogP contribution in [0.4, 0.5) is 0 Å². The zero-order chi connectivity index (χ0) is 17.8. The van der Waals surface area contributed by atoms with E-state index in [1.165, 1.54) is 25.9 Å². The Morgan fingerprint density at radius 2 is 1.87 bits per heavy atom. The van der Waals surface area contributed by atoms with Crippen molar-refractivity contribution in [1.29, 1.82) is 0 Å².